The van der Waals surface area contributed by atoms with Crippen LogP contribution in [0.4, 0.5) is 0 Å². The van der Waals surface area contributed by atoms with E-state index in [0.717, 1.165) is 5.56 Å². The van der Waals surface area contributed by atoms with Crippen molar-refractivity contribution in [2.75, 3.05) is 11.5 Å². The number of benzene rings is 1. The summed E-state index contributed by atoms with van der Waals surface area (Å²) < 4.78 is 0.700. The number of thioether (sulfide) groups is 2. The number of β-lactam (4-membered cyclic amide) rings is 1. The van der Waals surface area contributed by atoms with Crippen molar-refractivity contribution in [2.24, 2.45) is 5.73 Å². The molecule has 4 N–H and O–H groups in total. The number of hydrogen-bond donors (Lipinski definition) is 3. The summed E-state index contributed by atoms with van der Waals surface area (Å²) >= 11 is 4.19. The van der Waals surface area contributed by atoms with Crippen LogP contribution in [0, 0.1) is 0 Å². The van der Waals surface area contributed by atoms with E-state index in [4.69, 9.17) is 5.73 Å². The minimum absolute atomic E-state index is 0.00151. The number of nitrogens with two attached hydrogens (primary N) is 1. The highest BCUT2D eigenvalue weighted by Crippen LogP contribution is 2.41. The van der Waals surface area contributed by atoms with Gasteiger partial charge in [0.2, 0.25) is 5.91 Å². The summed E-state index contributed by atoms with van der Waals surface area (Å²) in [6, 6.07) is 8.52. The van der Waals surface area contributed by atoms with Gasteiger partial charge in [-0.1, -0.05) is 53.4 Å². The number of fused-ring (bicyclic) bond motifs is 1. The first-order valence-corrected chi connectivity index (χ1v) is 12.2. The lowest BCUT2D eigenvalue weighted by atomic mass is 10.0. The van der Waals surface area contributed by atoms with Crippen molar-refractivity contribution in [3.63, 3.8) is 0 Å². The molecule has 2 aliphatic heterocycles. The maximum Gasteiger partial charge on any atom is 0.352 e. The monoisotopic (exact) mass is 477 g/mol. The van der Waals surface area contributed by atoms with Crippen LogP contribution in [0.2, 0.25) is 0 Å². The maximum absolute atomic E-state index is 12.7. The van der Waals surface area contributed by atoms with Gasteiger partial charge >= 0.3 is 5.97 Å². The van der Waals surface area contributed by atoms with Crippen molar-refractivity contribution in [3.05, 3.63) is 52.2 Å². The van der Waals surface area contributed by atoms with Gasteiger partial charge in [0.25, 0.3) is 5.91 Å². The van der Waals surface area contributed by atoms with Gasteiger partial charge in [0.1, 0.15) is 22.1 Å². The predicted octanol–water partition coefficient (Wildman–Crippen LogP) is 1.07. The van der Waals surface area contributed by atoms with E-state index in [1.54, 1.807) is 0 Å². The predicted molar refractivity (Wildman–Crippen MR) is 118 cm³/mol. The summed E-state index contributed by atoms with van der Waals surface area (Å²) in [6.45, 7) is 0.304. The molecule has 9 nitrogen and oxygen atoms in total. The normalized spacial score (nSPS) is 20.3. The van der Waals surface area contributed by atoms with Crippen LogP contribution in [0.25, 0.3) is 0 Å². The molecule has 2 aromatic rings. The van der Waals surface area contributed by atoms with Gasteiger partial charge in [-0.2, -0.15) is 0 Å². The second kappa shape index (κ2) is 9.39. The lowest BCUT2D eigenvalue weighted by Gasteiger charge is -2.49. The van der Waals surface area contributed by atoms with E-state index >= 15 is 0 Å². The lowest BCUT2D eigenvalue weighted by Crippen LogP contribution is -2.70. The molecule has 0 radical (unpaired) electrons. The summed E-state index contributed by atoms with van der Waals surface area (Å²) in [5, 5.41) is 20.8. The molecule has 1 saturated heterocycles. The molecule has 3 heterocycles. The first-order chi connectivity index (χ1) is 15.0. The quantitative estimate of drug-likeness (QED) is 0.376. The molecule has 2 atom stereocenters. The van der Waals surface area contributed by atoms with E-state index in [1.807, 2.05) is 30.3 Å². The molecule has 1 fully saturated rings. The molecule has 4 rings (SSSR count). The molecule has 1 unspecified atom stereocenters. The Balaban J connectivity index is 1.42. The second-order valence-electron chi connectivity index (χ2n) is 6.83. The first kappa shape index (κ1) is 21.8. The molecule has 0 bridgehead atoms. The Morgan fingerprint density at radius 1 is 1.29 bits per heavy atom. The Labute approximate surface area is 190 Å². The van der Waals surface area contributed by atoms with Crippen LogP contribution in [-0.2, 0) is 27.3 Å². The third-order valence-corrected chi connectivity index (χ3v) is 8.27. The number of carbonyl (C=O) groups excluding carboxylic acids is 2. The van der Waals surface area contributed by atoms with Crippen LogP contribution in [0.5, 0.6) is 0 Å². The zero-order valence-electron chi connectivity index (χ0n) is 16.2. The van der Waals surface area contributed by atoms with Crippen LogP contribution < -0.4 is 11.1 Å². The molecule has 162 valence electrons. The van der Waals surface area contributed by atoms with Gasteiger partial charge < -0.3 is 16.2 Å². The van der Waals surface area contributed by atoms with Crippen molar-refractivity contribution in [1.29, 1.82) is 0 Å². The van der Waals surface area contributed by atoms with Gasteiger partial charge in [-0.15, -0.1) is 22.0 Å². The fourth-order valence-corrected chi connectivity index (χ4v) is 6.59. The van der Waals surface area contributed by atoms with Crippen LogP contribution >= 0.6 is 34.9 Å². The van der Waals surface area contributed by atoms with Gasteiger partial charge in [0.15, 0.2) is 4.34 Å². The van der Waals surface area contributed by atoms with Crippen molar-refractivity contribution >= 4 is 52.6 Å². The highest BCUT2D eigenvalue weighted by molar-refractivity contribution is 8.01. The number of nitrogens with one attached hydrogen (secondary N) is 1. The van der Waals surface area contributed by atoms with Gasteiger partial charge in [0, 0.05) is 18.1 Å². The van der Waals surface area contributed by atoms with Crippen molar-refractivity contribution in [3.8, 4) is 0 Å². The van der Waals surface area contributed by atoms with Crippen LogP contribution in [-0.4, -0.2) is 60.9 Å². The van der Waals surface area contributed by atoms with Crippen LogP contribution in [0.1, 0.15) is 10.6 Å². The number of hydrogen-bond acceptors (Lipinski definition) is 9. The summed E-state index contributed by atoms with van der Waals surface area (Å²) in [4.78, 5) is 38.3. The van der Waals surface area contributed by atoms with E-state index in [-0.39, 0.29) is 18.0 Å². The van der Waals surface area contributed by atoms with Crippen molar-refractivity contribution in [2.45, 2.75) is 28.7 Å². The molecule has 0 aliphatic carbocycles. The van der Waals surface area contributed by atoms with Crippen LogP contribution in [0.3, 0.4) is 0 Å². The Morgan fingerprint density at radius 3 is 2.74 bits per heavy atom. The molecule has 12 heteroatoms. The number of aromatic nitrogens is 2. The fraction of sp³-hybridized carbons (Fsp3) is 0.316. The fourth-order valence-electron chi connectivity index (χ4n) is 3.33. The summed E-state index contributed by atoms with van der Waals surface area (Å²) in [7, 11) is 0. The Bertz CT molecular complexity index is 1040. The maximum atomic E-state index is 12.7. The topological polar surface area (TPSA) is 139 Å². The van der Waals surface area contributed by atoms with Gasteiger partial charge in [-0.25, -0.2) is 4.79 Å². The number of carboxylic acid groups (broad SMARTS) is 1. The third-order valence-electron chi connectivity index (χ3n) is 4.77. The van der Waals surface area contributed by atoms with E-state index in [1.165, 1.54) is 39.8 Å². The van der Waals surface area contributed by atoms with E-state index in [9.17, 15) is 19.5 Å². The third kappa shape index (κ3) is 4.61. The largest absolute Gasteiger partial charge is 0.477 e. The average Bonchev–Trinajstić information content (AvgIpc) is 3.24. The Kier molecular flexibility index (Phi) is 6.60. The van der Waals surface area contributed by atoms with Gasteiger partial charge in [-0.3, -0.25) is 14.5 Å². The molecular weight excluding hydrogens is 458 g/mol. The number of rotatable bonds is 8. The summed E-state index contributed by atoms with van der Waals surface area (Å²) in [5.41, 5.74) is 7.03. The second-order valence-corrected chi connectivity index (χ2v) is 10.2. The lowest BCUT2D eigenvalue weighted by molar-refractivity contribution is -0.150. The zero-order valence-corrected chi connectivity index (χ0v) is 18.6. The molecule has 31 heavy (non-hydrogen) atoms. The Morgan fingerprint density at radius 2 is 2.06 bits per heavy atom. The van der Waals surface area contributed by atoms with E-state index in [2.05, 4.69) is 15.5 Å². The highest BCUT2D eigenvalue weighted by atomic mass is 32.2. The molecule has 1 aromatic carbocycles. The number of aliphatic carboxylic acids is 1. The van der Waals surface area contributed by atoms with Crippen molar-refractivity contribution in [1.82, 2.24) is 20.4 Å². The number of carbonyl (C=O) groups is 3. The smallest absolute Gasteiger partial charge is 0.352 e. The standard InChI is InChI=1S/C19H19N5O4S3/c20-7-13-22-23-19(31-13)30-9-11-8-29-17-14(16(26)24(17)15(11)18(27)28)21-12(25)6-10-4-2-1-3-5-10/h1-5,14,17H,6-9,20H2,(H,21,25)(H,27,28)/t14?,17-/m1/s1. The summed E-state index contributed by atoms with van der Waals surface area (Å²) in [6.07, 6.45) is 0.165. The minimum atomic E-state index is -1.15. The van der Waals surface area contributed by atoms with E-state index < -0.39 is 23.3 Å². The number of amides is 2. The van der Waals surface area contributed by atoms with E-state index in [0.29, 0.717) is 33.0 Å². The van der Waals surface area contributed by atoms with Gasteiger partial charge in [0.05, 0.1) is 6.42 Å². The highest BCUT2D eigenvalue weighted by Gasteiger charge is 2.54. The zero-order chi connectivity index (χ0) is 22.0. The molecular formula is C19H19N5O4S3. The molecule has 2 amide bonds. The first-order valence-electron chi connectivity index (χ1n) is 9.36. The summed E-state index contributed by atoms with van der Waals surface area (Å²) in [5.74, 6) is -0.978. The number of nitrogens with zero attached hydrogens (tertiary/aromatic N) is 3. The van der Waals surface area contributed by atoms with Gasteiger partial charge in [-0.05, 0) is 11.1 Å². The Hall–Kier alpha value is -2.41. The number of carboxylic acids is 1. The van der Waals surface area contributed by atoms with Crippen molar-refractivity contribution < 1.29 is 19.5 Å². The average molecular weight is 478 g/mol. The SMILES string of the molecule is NCc1nnc(SCC2=C(C(=O)O)N3C(=O)C(NC(=O)Cc4ccccc4)[C@H]3SC2)s1. The van der Waals surface area contributed by atoms with Crippen LogP contribution in [0.15, 0.2) is 45.9 Å². The minimum Gasteiger partial charge on any atom is -0.477 e. The molecule has 2 aliphatic rings. The molecule has 1 aromatic heterocycles. The molecule has 0 saturated carbocycles. The molecule has 0 spiro atoms.